The minimum absolute atomic E-state index is 0.111. The maximum Gasteiger partial charge on any atom is 0.123 e. The molecule has 0 bridgehead atoms. The number of nitrogens with zero attached hydrogens (tertiary/aromatic N) is 1. The first-order valence-electron chi connectivity index (χ1n) is 7.70. The van der Waals surface area contributed by atoms with E-state index in [2.05, 4.69) is 18.7 Å². The van der Waals surface area contributed by atoms with Crippen molar-refractivity contribution in [2.24, 2.45) is 0 Å². The van der Waals surface area contributed by atoms with E-state index in [1.54, 1.807) is 12.1 Å². The van der Waals surface area contributed by atoms with Gasteiger partial charge in [-0.3, -0.25) is 4.90 Å². The third kappa shape index (κ3) is 7.02. The minimum Gasteiger partial charge on any atom is -0.389 e. The quantitative estimate of drug-likeness (QED) is 0.759. The summed E-state index contributed by atoms with van der Waals surface area (Å²) in [7, 11) is 0. The molecule has 0 heterocycles. The van der Waals surface area contributed by atoms with Crippen molar-refractivity contribution >= 4 is 0 Å². The first-order chi connectivity index (χ1) is 9.92. The maximum atomic E-state index is 13.3. The monoisotopic (exact) mass is 297 g/mol. The molecule has 0 amide bonds. The lowest BCUT2D eigenvalue weighted by atomic mass is 10.1. The summed E-state index contributed by atoms with van der Waals surface area (Å²) in [6, 6.07) is 6.95. The van der Waals surface area contributed by atoms with Gasteiger partial charge in [-0.05, 0) is 44.9 Å². The van der Waals surface area contributed by atoms with Crippen LogP contribution in [0.15, 0.2) is 24.3 Å². The molecule has 120 valence electrons. The summed E-state index contributed by atoms with van der Waals surface area (Å²) in [6.45, 7) is 9.62. The predicted molar refractivity (Wildman–Crippen MR) is 83.7 cm³/mol. The van der Waals surface area contributed by atoms with Gasteiger partial charge in [-0.15, -0.1) is 0 Å². The molecule has 4 heteroatoms. The summed E-state index contributed by atoms with van der Waals surface area (Å²) >= 11 is 0. The van der Waals surface area contributed by atoms with Crippen LogP contribution in [0.2, 0.25) is 0 Å². The van der Waals surface area contributed by atoms with Crippen molar-refractivity contribution in [1.82, 2.24) is 4.90 Å². The molecule has 3 nitrogen and oxygen atoms in total. The molecule has 0 aromatic heterocycles. The van der Waals surface area contributed by atoms with Crippen molar-refractivity contribution in [3.8, 4) is 0 Å². The van der Waals surface area contributed by atoms with E-state index in [4.69, 9.17) is 4.74 Å². The number of aliphatic hydroxyl groups is 1. The van der Waals surface area contributed by atoms with Crippen LogP contribution in [0, 0.1) is 5.82 Å². The second-order valence-electron chi connectivity index (χ2n) is 5.85. The SMILES string of the molecule is CCC(C)N(Cc1cccc(F)c1)CC(O)COC(C)C. The van der Waals surface area contributed by atoms with E-state index in [0.29, 0.717) is 25.7 Å². The molecule has 0 aliphatic carbocycles. The molecule has 0 spiro atoms. The fraction of sp³-hybridized carbons (Fsp3) is 0.647. The topological polar surface area (TPSA) is 32.7 Å². The Labute approximate surface area is 127 Å². The van der Waals surface area contributed by atoms with Crippen molar-refractivity contribution < 1.29 is 14.2 Å². The molecule has 21 heavy (non-hydrogen) atoms. The molecule has 1 aromatic carbocycles. The van der Waals surface area contributed by atoms with Gasteiger partial charge < -0.3 is 9.84 Å². The van der Waals surface area contributed by atoms with Crippen LogP contribution in [0.3, 0.4) is 0 Å². The van der Waals surface area contributed by atoms with Crippen LogP contribution in [0.1, 0.15) is 39.7 Å². The molecule has 0 saturated carbocycles. The average Bonchev–Trinajstić information content (AvgIpc) is 2.43. The molecule has 0 fully saturated rings. The van der Waals surface area contributed by atoms with E-state index in [1.807, 2.05) is 19.9 Å². The Kier molecular flexibility index (Phi) is 7.86. The van der Waals surface area contributed by atoms with Crippen LogP contribution >= 0.6 is 0 Å². The smallest absolute Gasteiger partial charge is 0.123 e. The Balaban J connectivity index is 2.63. The highest BCUT2D eigenvalue weighted by Crippen LogP contribution is 2.13. The number of halogens is 1. The molecular weight excluding hydrogens is 269 g/mol. The second-order valence-corrected chi connectivity index (χ2v) is 5.85. The first kappa shape index (κ1) is 18.1. The summed E-state index contributed by atoms with van der Waals surface area (Å²) in [5.74, 6) is -0.222. The van der Waals surface area contributed by atoms with E-state index in [-0.39, 0.29) is 11.9 Å². The van der Waals surface area contributed by atoms with Crippen LogP contribution in [-0.4, -0.2) is 41.4 Å². The second kappa shape index (κ2) is 9.13. The van der Waals surface area contributed by atoms with Gasteiger partial charge in [0, 0.05) is 19.1 Å². The number of hydrogen-bond acceptors (Lipinski definition) is 3. The Morgan fingerprint density at radius 3 is 2.57 bits per heavy atom. The lowest BCUT2D eigenvalue weighted by molar-refractivity contribution is -0.0149. The van der Waals surface area contributed by atoms with Crippen molar-refractivity contribution in [1.29, 1.82) is 0 Å². The Morgan fingerprint density at radius 2 is 2.00 bits per heavy atom. The first-order valence-corrected chi connectivity index (χ1v) is 7.70. The molecule has 0 aliphatic rings. The van der Waals surface area contributed by atoms with Gasteiger partial charge in [-0.1, -0.05) is 19.1 Å². The fourth-order valence-corrected chi connectivity index (χ4v) is 2.16. The van der Waals surface area contributed by atoms with Crippen molar-refractivity contribution in [3.63, 3.8) is 0 Å². The zero-order valence-electron chi connectivity index (χ0n) is 13.6. The third-order valence-corrected chi connectivity index (χ3v) is 3.56. The molecule has 1 N–H and O–H groups in total. The van der Waals surface area contributed by atoms with Gasteiger partial charge in [0.2, 0.25) is 0 Å². The number of rotatable bonds is 9. The van der Waals surface area contributed by atoms with Gasteiger partial charge in [0.05, 0.1) is 18.8 Å². The normalized spacial score (nSPS) is 14.7. The summed E-state index contributed by atoms with van der Waals surface area (Å²) in [5.41, 5.74) is 0.923. The Hall–Kier alpha value is -0.970. The third-order valence-electron chi connectivity index (χ3n) is 3.56. The van der Waals surface area contributed by atoms with Gasteiger partial charge in [0.15, 0.2) is 0 Å². The van der Waals surface area contributed by atoms with E-state index in [0.717, 1.165) is 12.0 Å². The Bertz CT molecular complexity index is 412. The van der Waals surface area contributed by atoms with Gasteiger partial charge in [0.1, 0.15) is 5.82 Å². The highest BCUT2D eigenvalue weighted by Gasteiger charge is 2.17. The molecule has 0 saturated heterocycles. The molecule has 1 aromatic rings. The number of ether oxygens (including phenoxy) is 1. The number of aliphatic hydroxyl groups excluding tert-OH is 1. The summed E-state index contributed by atoms with van der Waals surface area (Å²) in [6.07, 6.45) is 0.558. The van der Waals surface area contributed by atoms with Gasteiger partial charge in [-0.25, -0.2) is 4.39 Å². The van der Waals surface area contributed by atoms with Crippen LogP contribution in [-0.2, 0) is 11.3 Å². The number of benzene rings is 1. The van der Waals surface area contributed by atoms with E-state index < -0.39 is 6.10 Å². The highest BCUT2D eigenvalue weighted by molar-refractivity contribution is 5.16. The molecular formula is C17H28FNO2. The van der Waals surface area contributed by atoms with Crippen LogP contribution in [0.5, 0.6) is 0 Å². The Morgan fingerprint density at radius 1 is 1.29 bits per heavy atom. The van der Waals surface area contributed by atoms with Gasteiger partial charge in [0.25, 0.3) is 0 Å². The highest BCUT2D eigenvalue weighted by atomic mass is 19.1. The summed E-state index contributed by atoms with van der Waals surface area (Å²) < 4.78 is 18.7. The molecule has 2 unspecified atom stereocenters. The molecule has 0 radical (unpaired) electrons. The van der Waals surface area contributed by atoms with Crippen LogP contribution < -0.4 is 0 Å². The van der Waals surface area contributed by atoms with Crippen LogP contribution in [0.4, 0.5) is 4.39 Å². The largest absolute Gasteiger partial charge is 0.389 e. The summed E-state index contributed by atoms with van der Waals surface area (Å²) in [4.78, 5) is 2.17. The lowest BCUT2D eigenvalue weighted by Crippen LogP contribution is -2.40. The average molecular weight is 297 g/mol. The molecule has 1 rings (SSSR count). The number of hydrogen-bond donors (Lipinski definition) is 1. The molecule has 2 atom stereocenters. The maximum absolute atomic E-state index is 13.3. The lowest BCUT2D eigenvalue weighted by Gasteiger charge is -2.30. The zero-order chi connectivity index (χ0) is 15.8. The van der Waals surface area contributed by atoms with Gasteiger partial charge >= 0.3 is 0 Å². The van der Waals surface area contributed by atoms with Crippen molar-refractivity contribution in [2.45, 2.75) is 58.9 Å². The minimum atomic E-state index is -0.532. The standard InChI is InChI=1S/C17H28FNO2/c1-5-14(4)19(11-17(20)12-21-13(2)3)10-15-7-6-8-16(18)9-15/h6-9,13-14,17,20H,5,10-12H2,1-4H3. The van der Waals surface area contributed by atoms with Crippen molar-refractivity contribution in [2.75, 3.05) is 13.2 Å². The molecule has 0 aliphatic heterocycles. The zero-order valence-corrected chi connectivity index (χ0v) is 13.6. The van der Waals surface area contributed by atoms with Crippen molar-refractivity contribution in [3.05, 3.63) is 35.6 Å². The van der Waals surface area contributed by atoms with E-state index in [1.165, 1.54) is 6.07 Å². The predicted octanol–water partition coefficient (Wildman–Crippen LogP) is 3.21. The van der Waals surface area contributed by atoms with E-state index >= 15 is 0 Å². The fourth-order valence-electron chi connectivity index (χ4n) is 2.16. The van der Waals surface area contributed by atoms with Gasteiger partial charge in [-0.2, -0.15) is 0 Å². The van der Waals surface area contributed by atoms with Crippen LogP contribution in [0.25, 0.3) is 0 Å². The summed E-state index contributed by atoms with van der Waals surface area (Å²) in [5, 5.41) is 10.1. The van der Waals surface area contributed by atoms with E-state index in [9.17, 15) is 9.50 Å².